The van der Waals surface area contributed by atoms with Crippen molar-refractivity contribution in [1.82, 2.24) is 0 Å². The first kappa shape index (κ1) is 25.1. The molecule has 11 heteroatoms. The summed E-state index contributed by atoms with van der Waals surface area (Å²) in [6.07, 6.45) is 1.30. The van der Waals surface area contributed by atoms with Crippen molar-refractivity contribution in [3.8, 4) is 5.75 Å². The van der Waals surface area contributed by atoms with Gasteiger partial charge in [0.2, 0.25) is 0 Å². The Hall–Kier alpha value is -1.85. The molecule has 0 saturated heterocycles. The van der Waals surface area contributed by atoms with Gasteiger partial charge in [0, 0.05) is 0 Å². The quantitative estimate of drug-likeness (QED) is 0.400. The van der Waals surface area contributed by atoms with Gasteiger partial charge < -0.3 is 15.2 Å². The van der Waals surface area contributed by atoms with Gasteiger partial charge in [-0.1, -0.05) is 31.5 Å². The first-order chi connectivity index (χ1) is 12.3. The third kappa shape index (κ3) is 10.2. The van der Waals surface area contributed by atoms with Crippen LogP contribution in [0.3, 0.4) is 0 Å². The Bertz CT molecular complexity index is 664. The lowest BCUT2D eigenvalue weighted by molar-refractivity contribution is -0.154. The summed E-state index contributed by atoms with van der Waals surface area (Å²) in [6, 6.07) is 8.93. The van der Waals surface area contributed by atoms with Gasteiger partial charge >= 0.3 is 21.6 Å². The molecule has 0 aliphatic heterocycles. The second-order valence-corrected chi connectivity index (χ2v) is 7.02. The summed E-state index contributed by atoms with van der Waals surface area (Å²) in [6.45, 7) is 5.52. The van der Waals surface area contributed by atoms with Crippen molar-refractivity contribution in [3.05, 3.63) is 30.3 Å². The van der Waals surface area contributed by atoms with Gasteiger partial charge in [-0.25, -0.2) is 0 Å². The highest BCUT2D eigenvalue weighted by molar-refractivity contribution is 7.86. The Kier molecular flexibility index (Phi) is 10.3. The number of hydrogen-bond donors (Lipinski definition) is 2. The Morgan fingerprint density at radius 2 is 1.70 bits per heavy atom. The normalized spacial score (nSPS) is 15.0. The van der Waals surface area contributed by atoms with Crippen molar-refractivity contribution >= 4 is 16.1 Å². The molecule has 1 aromatic rings. The van der Waals surface area contributed by atoms with E-state index in [0.29, 0.717) is 0 Å². The minimum absolute atomic E-state index is 0.157. The van der Waals surface area contributed by atoms with Gasteiger partial charge in [-0.05, 0) is 32.4 Å². The standard InChI is InChI=1S/C15H23NO3.CHF3O3S/c1-4-8-14(12(3)18-15(17)11(2)16)19-13-9-6-5-7-10-13;2-1(3,4)8(5,6)7/h5-7,9-12,14H,4,8,16H2,1-3H3;(H,5,6,7). The largest absolute Gasteiger partial charge is 0.522 e. The van der Waals surface area contributed by atoms with E-state index < -0.39 is 27.6 Å². The van der Waals surface area contributed by atoms with E-state index in [1.165, 1.54) is 0 Å². The second-order valence-electron chi connectivity index (χ2n) is 5.61. The van der Waals surface area contributed by atoms with Crippen LogP contribution < -0.4 is 10.5 Å². The van der Waals surface area contributed by atoms with Gasteiger partial charge in [-0.3, -0.25) is 9.35 Å². The van der Waals surface area contributed by atoms with E-state index >= 15 is 0 Å². The van der Waals surface area contributed by atoms with Crippen molar-refractivity contribution in [1.29, 1.82) is 0 Å². The molecular formula is C16H24F3NO6S. The van der Waals surface area contributed by atoms with Gasteiger partial charge in [0.05, 0.1) is 0 Å². The molecule has 1 rings (SSSR count). The zero-order valence-corrected chi connectivity index (χ0v) is 16.0. The molecule has 1 aromatic carbocycles. The SMILES string of the molecule is CCCC(Oc1ccccc1)C(C)OC(=O)C(C)N.O=S(=O)(O)C(F)(F)F. The van der Waals surface area contributed by atoms with E-state index in [2.05, 4.69) is 6.92 Å². The van der Waals surface area contributed by atoms with Crippen molar-refractivity contribution in [2.75, 3.05) is 0 Å². The molecular weight excluding hydrogens is 391 g/mol. The molecule has 0 spiro atoms. The predicted octanol–water partition coefficient (Wildman–Crippen LogP) is 2.91. The monoisotopic (exact) mass is 415 g/mol. The van der Waals surface area contributed by atoms with Crippen LogP contribution in [0.15, 0.2) is 30.3 Å². The number of hydrogen-bond acceptors (Lipinski definition) is 6. The number of benzene rings is 1. The molecule has 3 unspecified atom stereocenters. The smallest absolute Gasteiger partial charge is 0.487 e. The minimum atomic E-state index is -5.84. The lowest BCUT2D eigenvalue weighted by Gasteiger charge is -2.25. The zero-order valence-electron chi connectivity index (χ0n) is 15.1. The minimum Gasteiger partial charge on any atom is -0.487 e. The molecule has 0 saturated carbocycles. The van der Waals surface area contributed by atoms with Crippen LogP contribution in [0, 0.1) is 0 Å². The molecule has 3 atom stereocenters. The highest BCUT2D eigenvalue weighted by Gasteiger charge is 2.44. The van der Waals surface area contributed by atoms with E-state index in [1.807, 2.05) is 37.3 Å². The highest BCUT2D eigenvalue weighted by Crippen LogP contribution is 2.20. The number of carbonyl (C=O) groups is 1. The summed E-state index contributed by atoms with van der Waals surface area (Å²) in [7, 11) is -5.84. The van der Waals surface area contributed by atoms with Crippen LogP contribution >= 0.6 is 0 Å². The first-order valence-corrected chi connectivity index (χ1v) is 9.45. The number of rotatable bonds is 7. The van der Waals surface area contributed by atoms with Crippen LogP contribution in [0.5, 0.6) is 5.75 Å². The number of nitrogens with two attached hydrogens (primary N) is 1. The fraction of sp³-hybridized carbons (Fsp3) is 0.562. The summed E-state index contributed by atoms with van der Waals surface area (Å²) in [5, 5.41) is 0. The Morgan fingerprint density at radius 1 is 1.22 bits per heavy atom. The number of esters is 1. The molecule has 3 N–H and O–H groups in total. The second kappa shape index (κ2) is 11.1. The van der Waals surface area contributed by atoms with Crippen LogP contribution in [-0.2, 0) is 19.6 Å². The maximum atomic E-state index is 11.5. The average molecular weight is 415 g/mol. The lowest BCUT2D eigenvalue weighted by atomic mass is 10.1. The number of ether oxygens (including phenoxy) is 2. The molecule has 0 bridgehead atoms. The van der Waals surface area contributed by atoms with E-state index in [1.54, 1.807) is 6.92 Å². The Balaban J connectivity index is 0.000000713. The zero-order chi connectivity index (χ0) is 21.3. The van der Waals surface area contributed by atoms with Crippen LogP contribution in [0.2, 0.25) is 0 Å². The predicted molar refractivity (Wildman–Crippen MR) is 92.6 cm³/mol. The van der Waals surface area contributed by atoms with E-state index in [4.69, 9.17) is 28.2 Å². The molecule has 7 nitrogen and oxygen atoms in total. The Labute approximate surface area is 156 Å². The summed E-state index contributed by atoms with van der Waals surface area (Å²) < 4.78 is 68.7. The van der Waals surface area contributed by atoms with Crippen LogP contribution in [0.25, 0.3) is 0 Å². The number of carbonyl (C=O) groups excluding carboxylic acids is 1. The number of para-hydroxylation sites is 1. The third-order valence-electron chi connectivity index (χ3n) is 3.09. The molecule has 0 amide bonds. The van der Waals surface area contributed by atoms with Gasteiger partial charge in [0.1, 0.15) is 24.0 Å². The number of alkyl halides is 3. The van der Waals surface area contributed by atoms with Gasteiger partial charge in [0.15, 0.2) is 0 Å². The Morgan fingerprint density at radius 3 is 2.07 bits per heavy atom. The molecule has 0 radical (unpaired) electrons. The van der Waals surface area contributed by atoms with Crippen LogP contribution in [-0.4, -0.2) is 42.7 Å². The molecule has 0 fully saturated rings. The topological polar surface area (TPSA) is 116 Å². The summed E-state index contributed by atoms with van der Waals surface area (Å²) in [4.78, 5) is 11.5. The van der Waals surface area contributed by atoms with Crippen molar-refractivity contribution in [2.24, 2.45) is 5.73 Å². The van der Waals surface area contributed by atoms with E-state index in [0.717, 1.165) is 18.6 Å². The van der Waals surface area contributed by atoms with E-state index in [-0.39, 0.29) is 12.2 Å². The molecule has 156 valence electrons. The molecule has 0 aliphatic rings. The molecule has 0 heterocycles. The molecule has 0 aliphatic carbocycles. The lowest BCUT2D eigenvalue weighted by Crippen LogP contribution is -2.38. The maximum absolute atomic E-state index is 11.5. The third-order valence-corrected chi connectivity index (χ3v) is 3.68. The van der Waals surface area contributed by atoms with E-state index in [9.17, 15) is 18.0 Å². The summed E-state index contributed by atoms with van der Waals surface area (Å²) >= 11 is 0. The fourth-order valence-electron chi connectivity index (χ4n) is 1.71. The highest BCUT2D eigenvalue weighted by atomic mass is 32.2. The van der Waals surface area contributed by atoms with Crippen molar-refractivity contribution in [2.45, 2.75) is 57.4 Å². The van der Waals surface area contributed by atoms with Crippen LogP contribution in [0.4, 0.5) is 13.2 Å². The van der Waals surface area contributed by atoms with Gasteiger partial charge in [-0.2, -0.15) is 21.6 Å². The van der Waals surface area contributed by atoms with Crippen molar-refractivity contribution < 1.29 is 40.4 Å². The molecule has 27 heavy (non-hydrogen) atoms. The summed E-state index contributed by atoms with van der Waals surface area (Å²) in [5.74, 6) is 0.384. The first-order valence-electron chi connectivity index (χ1n) is 8.01. The average Bonchev–Trinajstić information content (AvgIpc) is 2.54. The molecule has 0 aromatic heterocycles. The van der Waals surface area contributed by atoms with Gasteiger partial charge in [0.25, 0.3) is 0 Å². The van der Waals surface area contributed by atoms with Crippen LogP contribution in [0.1, 0.15) is 33.6 Å². The fourth-order valence-corrected chi connectivity index (χ4v) is 1.71. The summed E-state index contributed by atoms with van der Waals surface area (Å²) in [5.41, 5.74) is -0.0392. The maximum Gasteiger partial charge on any atom is 0.522 e. The number of halogens is 3. The van der Waals surface area contributed by atoms with Crippen molar-refractivity contribution in [3.63, 3.8) is 0 Å². The van der Waals surface area contributed by atoms with Gasteiger partial charge in [-0.15, -0.1) is 0 Å².